The zero-order valence-electron chi connectivity index (χ0n) is 26.3. The molecule has 0 radical (unpaired) electrons. The van der Waals surface area contributed by atoms with Crippen LogP contribution in [0.4, 0.5) is 9.59 Å². The Bertz CT molecular complexity index is 1100. The summed E-state index contributed by atoms with van der Waals surface area (Å²) in [5.41, 5.74) is 0.605. The first-order chi connectivity index (χ1) is 20.0. The Morgan fingerprint density at radius 2 is 1.17 bits per heavy atom. The number of carbonyl (C=O) groups excluding carboxylic acids is 3. The first-order valence-electron chi connectivity index (χ1n) is 15.9. The first kappa shape index (κ1) is 32.1. The van der Waals surface area contributed by atoms with E-state index in [0.29, 0.717) is 44.9 Å². The van der Waals surface area contributed by atoms with Gasteiger partial charge in [-0.2, -0.15) is 0 Å². The molecule has 4 rings (SSSR count). The van der Waals surface area contributed by atoms with Crippen molar-refractivity contribution in [1.82, 2.24) is 10.6 Å². The zero-order chi connectivity index (χ0) is 30.4. The molecule has 0 aromatic carbocycles. The second kappa shape index (κ2) is 13.2. The van der Waals surface area contributed by atoms with Gasteiger partial charge >= 0.3 is 18.2 Å². The highest BCUT2D eigenvalue weighted by molar-refractivity contribution is 5.81. The normalized spacial score (nSPS) is 34.8. The number of carbonyl (C=O) groups is 3. The molecule has 2 unspecified atom stereocenters. The number of amides is 2. The maximum atomic E-state index is 12.7. The quantitative estimate of drug-likeness (QED) is 0.127. The summed E-state index contributed by atoms with van der Waals surface area (Å²) in [6.45, 7) is 12.3. The van der Waals surface area contributed by atoms with Crippen molar-refractivity contribution in [1.29, 1.82) is 0 Å². The molecule has 42 heavy (non-hydrogen) atoms. The fourth-order valence-corrected chi connectivity index (χ4v) is 8.07. The van der Waals surface area contributed by atoms with Crippen molar-refractivity contribution in [3.8, 4) is 23.7 Å². The SMILES string of the molecule is CCOC(=O)[C@H](CCCCNC(=O)OCC1[C@]2(C)CCC#CCC[C@]12C)NC(=O)OCC1[C@]2(C)CCC#CCC[C@]12C. The molecule has 8 nitrogen and oxygen atoms in total. The highest BCUT2D eigenvalue weighted by atomic mass is 16.6. The van der Waals surface area contributed by atoms with Crippen molar-refractivity contribution >= 4 is 18.2 Å². The average molecular weight is 583 g/mol. The molecule has 0 saturated heterocycles. The van der Waals surface area contributed by atoms with Crippen LogP contribution in [0.3, 0.4) is 0 Å². The second-order valence-corrected chi connectivity index (χ2v) is 13.6. The molecule has 2 fully saturated rings. The molecule has 0 aromatic rings. The molecule has 4 aliphatic rings. The third-order valence-corrected chi connectivity index (χ3v) is 11.7. The lowest BCUT2D eigenvalue weighted by Crippen LogP contribution is -2.42. The topological polar surface area (TPSA) is 103 Å². The minimum Gasteiger partial charge on any atom is -0.464 e. The third-order valence-electron chi connectivity index (χ3n) is 11.7. The molecule has 4 aliphatic carbocycles. The predicted octanol–water partition coefficient (Wildman–Crippen LogP) is 5.98. The first-order valence-corrected chi connectivity index (χ1v) is 15.9. The minimum absolute atomic E-state index is 0.123. The van der Waals surface area contributed by atoms with Crippen LogP contribution in [0.15, 0.2) is 0 Å². The molecule has 7 atom stereocenters. The van der Waals surface area contributed by atoms with E-state index in [-0.39, 0.29) is 34.2 Å². The van der Waals surface area contributed by atoms with Gasteiger partial charge in [0.2, 0.25) is 0 Å². The lowest BCUT2D eigenvalue weighted by Gasteiger charge is -2.17. The number of esters is 1. The van der Waals surface area contributed by atoms with E-state index in [1.807, 2.05) is 0 Å². The van der Waals surface area contributed by atoms with Crippen LogP contribution in [0.25, 0.3) is 0 Å². The number of hydrogen-bond acceptors (Lipinski definition) is 6. The van der Waals surface area contributed by atoms with Crippen molar-refractivity contribution < 1.29 is 28.6 Å². The molecular formula is C34H50N2O6. The summed E-state index contributed by atoms with van der Waals surface area (Å²) in [7, 11) is 0. The van der Waals surface area contributed by atoms with Crippen LogP contribution in [0.5, 0.6) is 0 Å². The van der Waals surface area contributed by atoms with E-state index in [9.17, 15) is 14.4 Å². The zero-order valence-corrected chi connectivity index (χ0v) is 26.3. The van der Waals surface area contributed by atoms with Gasteiger partial charge in [0.25, 0.3) is 0 Å². The molecule has 2 saturated carbocycles. The largest absolute Gasteiger partial charge is 0.464 e. The van der Waals surface area contributed by atoms with Crippen molar-refractivity contribution in [2.24, 2.45) is 33.5 Å². The number of unbranched alkanes of at least 4 members (excludes halogenated alkanes) is 1. The van der Waals surface area contributed by atoms with Crippen LogP contribution in [0, 0.1) is 57.2 Å². The Balaban J connectivity index is 1.14. The van der Waals surface area contributed by atoms with Gasteiger partial charge in [-0.25, -0.2) is 14.4 Å². The Labute approximate surface area is 252 Å². The summed E-state index contributed by atoms with van der Waals surface area (Å²) < 4.78 is 16.4. The van der Waals surface area contributed by atoms with Crippen LogP contribution in [0.2, 0.25) is 0 Å². The van der Waals surface area contributed by atoms with Gasteiger partial charge in [-0.15, -0.1) is 23.7 Å². The Kier molecular flexibility index (Phi) is 10.1. The maximum absolute atomic E-state index is 12.7. The predicted molar refractivity (Wildman–Crippen MR) is 160 cm³/mol. The Morgan fingerprint density at radius 3 is 1.62 bits per heavy atom. The molecule has 0 bridgehead atoms. The Morgan fingerprint density at radius 1 is 0.714 bits per heavy atom. The number of rotatable bonds is 12. The van der Waals surface area contributed by atoms with E-state index < -0.39 is 24.2 Å². The van der Waals surface area contributed by atoms with E-state index in [1.54, 1.807) is 6.92 Å². The number of hydrogen-bond donors (Lipinski definition) is 2. The summed E-state index contributed by atoms with van der Waals surface area (Å²) in [5, 5.41) is 5.54. The van der Waals surface area contributed by atoms with E-state index in [4.69, 9.17) is 14.2 Å². The molecular weight excluding hydrogens is 532 g/mol. The third kappa shape index (κ3) is 6.53. The molecule has 0 aromatic heterocycles. The van der Waals surface area contributed by atoms with Gasteiger partial charge in [-0.3, -0.25) is 0 Å². The van der Waals surface area contributed by atoms with Gasteiger partial charge in [-0.1, -0.05) is 27.7 Å². The van der Waals surface area contributed by atoms with Gasteiger partial charge in [0, 0.05) is 44.1 Å². The smallest absolute Gasteiger partial charge is 0.407 e. The molecule has 2 amide bonds. The Hall–Kier alpha value is -2.87. The van der Waals surface area contributed by atoms with Gasteiger partial charge in [0.05, 0.1) is 19.8 Å². The average Bonchev–Trinajstić information content (AvgIpc) is 3.59. The molecule has 0 aliphatic heterocycles. The summed E-state index contributed by atoms with van der Waals surface area (Å²) in [4.78, 5) is 37.6. The van der Waals surface area contributed by atoms with Crippen LogP contribution in [0.1, 0.15) is 105 Å². The summed E-state index contributed by atoms with van der Waals surface area (Å²) in [6, 6.07) is -0.798. The molecule has 2 N–H and O–H groups in total. The van der Waals surface area contributed by atoms with Gasteiger partial charge in [0.15, 0.2) is 0 Å². The molecule has 0 heterocycles. The van der Waals surface area contributed by atoms with Crippen molar-refractivity contribution in [3.05, 3.63) is 0 Å². The number of ether oxygens (including phenoxy) is 3. The second-order valence-electron chi connectivity index (χ2n) is 13.6. The molecule has 232 valence electrons. The van der Waals surface area contributed by atoms with Crippen molar-refractivity contribution in [2.45, 2.75) is 111 Å². The van der Waals surface area contributed by atoms with Crippen molar-refractivity contribution in [2.75, 3.05) is 26.4 Å². The number of nitrogens with one attached hydrogen (secondary N) is 2. The van der Waals surface area contributed by atoms with E-state index in [0.717, 1.165) is 51.4 Å². The standard InChI is InChI=1S/C34H50N2O6/c1-6-40-28(37)25(36-30(39)42-24-27-33(4)20-14-9-10-15-21-34(27,33)5)17-11-16-22-35-29(38)41-23-26-31(2)18-12-7-8-13-19-32(26,31)3/h25-27H,6,11-24H2,1-5H3,(H,35,38)(H,36,39)/t25-,26?,27?,31-,32+,33-,34+/m0/s1. The fraction of sp³-hybridized carbons (Fsp3) is 0.794. The minimum atomic E-state index is -0.798. The monoisotopic (exact) mass is 582 g/mol. The van der Waals surface area contributed by atoms with Crippen LogP contribution in [-0.2, 0) is 19.0 Å². The summed E-state index contributed by atoms with van der Waals surface area (Å²) in [5.74, 6) is 13.1. The highest BCUT2D eigenvalue weighted by Gasteiger charge is 2.70. The maximum Gasteiger partial charge on any atom is 0.407 e. The van der Waals surface area contributed by atoms with E-state index >= 15 is 0 Å². The lowest BCUT2D eigenvalue weighted by atomic mass is 9.87. The lowest BCUT2D eigenvalue weighted by molar-refractivity contribution is -0.145. The number of fused-ring (bicyclic) bond motifs is 2. The van der Waals surface area contributed by atoms with E-state index in [1.165, 1.54) is 0 Å². The van der Waals surface area contributed by atoms with Crippen LogP contribution in [-0.4, -0.2) is 50.6 Å². The van der Waals surface area contributed by atoms with Crippen LogP contribution >= 0.6 is 0 Å². The summed E-state index contributed by atoms with van der Waals surface area (Å²) in [6.07, 6.45) is 8.30. The van der Waals surface area contributed by atoms with Gasteiger partial charge in [0.1, 0.15) is 6.04 Å². The van der Waals surface area contributed by atoms with Crippen LogP contribution < -0.4 is 10.6 Å². The number of alkyl carbamates (subject to hydrolysis) is 2. The van der Waals surface area contributed by atoms with Gasteiger partial charge in [-0.05, 0) is 73.5 Å². The van der Waals surface area contributed by atoms with Gasteiger partial charge < -0.3 is 24.8 Å². The highest BCUT2D eigenvalue weighted by Crippen LogP contribution is 2.74. The van der Waals surface area contributed by atoms with Crippen molar-refractivity contribution in [3.63, 3.8) is 0 Å². The van der Waals surface area contributed by atoms with E-state index in [2.05, 4.69) is 62.0 Å². The molecule has 8 heteroatoms. The summed E-state index contributed by atoms with van der Waals surface area (Å²) >= 11 is 0. The fourth-order valence-electron chi connectivity index (χ4n) is 8.07. The molecule has 0 spiro atoms.